The Morgan fingerprint density at radius 1 is 1.50 bits per heavy atom. The van der Waals surface area contributed by atoms with Crippen LogP contribution in [0.1, 0.15) is 0 Å². The van der Waals surface area contributed by atoms with Gasteiger partial charge in [0.25, 0.3) is 0 Å². The van der Waals surface area contributed by atoms with E-state index in [1.54, 1.807) is 24.5 Å². The van der Waals surface area contributed by atoms with Gasteiger partial charge in [-0.2, -0.15) is 0 Å². The molecule has 8 heavy (non-hydrogen) atoms. The Bertz CT molecular complexity index is 142. The first-order valence-corrected chi connectivity index (χ1v) is 2.33. The van der Waals surface area contributed by atoms with E-state index in [2.05, 4.69) is 4.98 Å². The zero-order chi connectivity index (χ0) is 5.11. The minimum Gasteiger partial charge on any atom is -0.412 e. The summed E-state index contributed by atoms with van der Waals surface area (Å²) in [5.74, 6) is 0. The summed E-state index contributed by atoms with van der Waals surface area (Å²) in [6.07, 6.45) is 3.29. The fraction of sp³-hybridized carbons (Fsp3) is 0. The van der Waals surface area contributed by atoms with Gasteiger partial charge in [0.2, 0.25) is 0 Å². The van der Waals surface area contributed by atoms with E-state index in [4.69, 9.17) is 11.6 Å². The van der Waals surface area contributed by atoms with E-state index < -0.39 is 0 Å². The molecule has 0 fully saturated rings. The van der Waals surface area contributed by atoms with E-state index in [0.717, 1.165) is 0 Å². The van der Waals surface area contributed by atoms with Crippen molar-refractivity contribution in [1.82, 2.24) is 4.98 Å². The number of aromatic nitrogens is 1. The molecule has 0 amide bonds. The smallest absolute Gasteiger partial charge is 0.0589 e. The fourth-order valence-electron chi connectivity index (χ4n) is 0.342. The molecule has 0 bridgehead atoms. The number of rotatable bonds is 0. The Hall–Kier alpha value is -0.600. The molecule has 0 aromatic carbocycles. The second-order valence-electron chi connectivity index (χ2n) is 1.17. The molecule has 1 heterocycles. The van der Waals surface area contributed by atoms with Crippen LogP contribution in [0.15, 0.2) is 24.5 Å². The highest BCUT2D eigenvalue weighted by atomic mass is 35.5. The molecule has 0 unspecified atom stereocenters. The Labute approximate surface area is 52.4 Å². The summed E-state index contributed by atoms with van der Waals surface area (Å²) in [7, 11) is 0. The molecular formula is C5H6ClNO. The summed E-state index contributed by atoms with van der Waals surface area (Å²) in [6, 6.07) is 3.58. The SMILES string of the molecule is Clc1cccnc1.O. The number of hydrogen-bond donors (Lipinski definition) is 0. The topological polar surface area (TPSA) is 44.4 Å². The average molecular weight is 132 g/mol. The zero-order valence-corrected chi connectivity index (χ0v) is 4.89. The number of nitrogens with zero attached hydrogens (tertiary/aromatic N) is 1. The highest BCUT2D eigenvalue weighted by Gasteiger charge is 1.76. The zero-order valence-electron chi connectivity index (χ0n) is 4.13. The second kappa shape index (κ2) is 3.41. The van der Waals surface area contributed by atoms with Crippen LogP contribution in [0.4, 0.5) is 0 Å². The van der Waals surface area contributed by atoms with E-state index in [0.29, 0.717) is 5.02 Å². The van der Waals surface area contributed by atoms with Gasteiger partial charge in [0, 0.05) is 12.4 Å². The number of pyridine rings is 1. The summed E-state index contributed by atoms with van der Waals surface area (Å²) in [6.45, 7) is 0. The first-order valence-electron chi connectivity index (χ1n) is 1.95. The maximum Gasteiger partial charge on any atom is 0.0589 e. The van der Waals surface area contributed by atoms with Gasteiger partial charge < -0.3 is 5.48 Å². The van der Waals surface area contributed by atoms with E-state index in [1.807, 2.05) is 0 Å². The molecule has 0 aliphatic rings. The van der Waals surface area contributed by atoms with Crippen molar-refractivity contribution in [2.45, 2.75) is 0 Å². The molecule has 1 aromatic rings. The molecule has 0 saturated carbocycles. The average Bonchev–Trinajstić information content (AvgIpc) is 1.69. The Kier molecular flexibility index (Phi) is 3.15. The van der Waals surface area contributed by atoms with Gasteiger partial charge in [-0.1, -0.05) is 11.6 Å². The normalized spacial score (nSPS) is 7.62. The van der Waals surface area contributed by atoms with Gasteiger partial charge in [0.05, 0.1) is 5.02 Å². The Morgan fingerprint density at radius 2 is 2.25 bits per heavy atom. The van der Waals surface area contributed by atoms with E-state index in [-0.39, 0.29) is 5.48 Å². The molecule has 0 radical (unpaired) electrons. The second-order valence-corrected chi connectivity index (χ2v) is 1.61. The lowest BCUT2D eigenvalue weighted by Gasteiger charge is -1.79. The van der Waals surface area contributed by atoms with Crippen molar-refractivity contribution in [3.8, 4) is 0 Å². The lowest BCUT2D eigenvalue weighted by molar-refractivity contribution is 0.824. The van der Waals surface area contributed by atoms with Crippen molar-refractivity contribution in [2.24, 2.45) is 0 Å². The monoisotopic (exact) mass is 131 g/mol. The predicted molar refractivity (Wildman–Crippen MR) is 32.9 cm³/mol. The molecule has 2 nitrogen and oxygen atoms in total. The van der Waals surface area contributed by atoms with Crippen LogP contribution in [-0.4, -0.2) is 10.5 Å². The highest BCUT2D eigenvalue weighted by Crippen LogP contribution is 2.00. The van der Waals surface area contributed by atoms with Crippen molar-refractivity contribution >= 4 is 11.6 Å². The third kappa shape index (κ3) is 1.91. The largest absolute Gasteiger partial charge is 0.412 e. The minimum absolute atomic E-state index is 0. The van der Waals surface area contributed by atoms with E-state index >= 15 is 0 Å². The van der Waals surface area contributed by atoms with Crippen LogP contribution in [0.2, 0.25) is 5.02 Å². The lowest BCUT2D eigenvalue weighted by atomic mass is 10.5. The molecule has 0 spiro atoms. The van der Waals surface area contributed by atoms with Gasteiger partial charge in [-0.3, -0.25) is 4.98 Å². The summed E-state index contributed by atoms with van der Waals surface area (Å²) >= 11 is 5.48. The van der Waals surface area contributed by atoms with Crippen LogP contribution in [0.3, 0.4) is 0 Å². The number of hydrogen-bond acceptors (Lipinski definition) is 1. The minimum atomic E-state index is 0. The summed E-state index contributed by atoms with van der Waals surface area (Å²) in [5.41, 5.74) is 0. The molecule has 0 saturated heterocycles. The molecule has 1 aromatic heterocycles. The Balaban J connectivity index is 0.000000490. The maximum absolute atomic E-state index is 5.48. The van der Waals surface area contributed by atoms with Crippen molar-refractivity contribution in [3.05, 3.63) is 29.5 Å². The van der Waals surface area contributed by atoms with Crippen LogP contribution < -0.4 is 0 Å². The van der Waals surface area contributed by atoms with Crippen LogP contribution in [-0.2, 0) is 0 Å². The molecule has 1 rings (SSSR count). The van der Waals surface area contributed by atoms with Gasteiger partial charge in [-0.25, -0.2) is 0 Å². The first-order chi connectivity index (χ1) is 3.39. The van der Waals surface area contributed by atoms with Crippen molar-refractivity contribution in [2.75, 3.05) is 0 Å². The highest BCUT2D eigenvalue weighted by molar-refractivity contribution is 6.30. The van der Waals surface area contributed by atoms with Crippen LogP contribution in [0, 0.1) is 0 Å². The third-order valence-electron chi connectivity index (χ3n) is 0.625. The van der Waals surface area contributed by atoms with Crippen molar-refractivity contribution in [3.63, 3.8) is 0 Å². The van der Waals surface area contributed by atoms with Crippen LogP contribution >= 0.6 is 11.6 Å². The van der Waals surface area contributed by atoms with E-state index in [1.165, 1.54) is 0 Å². The summed E-state index contributed by atoms with van der Waals surface area (Å²) < 4.78 is 0. The molecular weight excluding hydrogens is 126 g/mol. The first kappa shape index (κ1) is 7.40. The summed E-state index contributed by atoms with van der Waals surface area (Å²) in [4.78, 5) is 3.75. The van der Waals surface area contributed by atoms with Crippen LogP contribution in [0.25, 0.3) is 0 Å². The standard InChI is InChI=1S/C5H4ClN.H2O/c6-5-2-1-3-7-4-5;/h1-4H;1H2. The molecule has 0 aliphatic carbocycles. The molecule has 0 aliphatic heterocycles. The van der Waals surface area contributed by atoms with Crippen molar-refractivity contribution < 1.29 is 5.48 Å². The summed E-state index contributed by atoms with van der Waals surface area (Å²) in [5, 5.41) is 0.683. The maximum atomic E-state index is 5.48. The van der Waals surface area contributed by atoms with Gasteiger partial charge in [-0.05, 0) is 12.1 Å². The predicted octanol–water partition coefficient (Wildman–Crippen LogP) is 0.910. The number of halogens is 1. The van der Waals surface area contributed by atoms with Gasteiger partial charge in [-0.15, -0.1) is 0 Å². The quantitative estimate of drug-likeness (QED) is 0.516. The van der Waals surface area contributed by atoms with Gasteiger partial charge >= 0.3 is 0 Å². The fourth-order valence-corrected chi connectivity index (χ4v) is 0.471. The Morgan fingerprint density at radius 3 is 2.50 bits per heavy atom. The molecule has 2 N–H and O–H groups in total. The molecule has 0 atom stereocenters. The molecule has 3 heteroatoms. The molecule has 44 valence electrons. The lowest BCUT2D eigenvalue weighted by Crippen LogP contribution is -1.64. The van der Waals surface area contributed by atoms with Gasteiger partial charge in [0.1, 0.15) is 0 Å². The third-order valence-corrected chi connectivity index (χ3v) is 0.849. The van der Waals surface area contributed by atoms with Crippen molar-refractivity contribution in [1.29, 1.82) is 0 Å². The van der Waals surface area contributed by atoms with Crippen LogP contribution in [0.5, 0.6) is 0 Å². The van der Waals surface area contributed by atoms with E-state index in [9.17, 15) is 0 Å². The van der Waals surface area contributed by atoms with Gasteiger partial charge in [0.15, 0.2) is 0 Å².